The van der Waals surface area contributed by atoms with Crippen molar-refractivity contribution < 1.29 is 19.5 Å². The van der Waals surface area contributed by atoms with E-state index in [1.165, 1.54) is 0 Å². The first-order chi connectivity index (χ1) is 7.61. The minimum absolute atomic E-state index is 0.168. The number of ether oxygens (including phenoxy) is 1. The van der Waals surface area contributed by atoms with Gasteiger partial charge in [0.15, 0.2) is 0 Å². The van der Waals surface area contributed by atoms with E-state index in [4.69, 9.17) is 14.4 Å². The molecule has 6 heteroatoms. The Bertz CT molecular complexity index is 352. The molecule has 2 heterocycles. The topological polar surface area (TPSA) is 88.6 Å². The van der Waals surface area contributed by atoms with E-state index < -0.39 is 12.2 Å². The van der Waals surface area contributed by atoms with Crippen LogP contribution in [0.4, 0.5) is 0 Å². The Hall–Kier alpha value is -0.980. The molecule has 0 aliphatic carbocycles. The summed E-state index contributed by atoms with van der Waals surface area (Å²) in [5.74, 6) is 1.17. The van der Waals surface area contributed by atoms with Crippen LogP contribution in [0.15, 0.2) is 4.52 Å². The molecule has 0 spiro atoms. The molecule has 0 aromatic carbocycles. The minimum Gasteiger partial charge on any atom is -0.394 e. The quantitative estimate of drug-likeness (QED) is 0.777. The molecule has 6 nitrogen and oxygen atoms in total. The Morgan fingerprint density at radius 2 is 2.25 bits per heavy atom. The van der Waals surface area contributed by atoms with Gasteiger partial charge in [-0.25, -0.2) is 0 Å². The molecule has 3 atom stereocenters. The van der Waals surface area contributed by atoms with Crippen molar-refractivity contribution in [1.29, 1.82) is 0 Å². The van der Waals surface area contributed by atoms with Crippen LogP contribution < -0.4 is 0 Å². The van der Waals surface area contributed by atoms with Gasteiger partial charge in [-0.2, -0.15) is 4.98 Å². The SMILES string of the molecule is CC(C)c1nc([C@H]2C[C@H](O)[C@@H](CO)O2)no1. The minimum atomic E-state index is -0.670. The molecule has 0 unspecified atom stereocenters. The van der Waals surface area contributed by atoms with Crippen LogP contribution in [-0.2, 0) is 4.74 Å². The third-order valence-corrected chi connectivity index (χ3v) is 2.64. The van der Waals surface area contributed by atoms with Gasteiger partial charge in [-0.15, -0.1) is 0 Å². The van der Waals surface area contributed by atoms with Crippen LogP contribution in [0.2, 0.25) is 0 Å². The van der Waals surface area contributed by atoms with Crippen molar-refractivity contribution in [3.63, 3.8) is 0 Å². The molecule has 1 aromatic rings. The molecular formula is C10H16N2O4. The highest BCUT2D eigenvalue weighted by Gasteiger charge is 2.36. The molecular weight excluding hydrogens is 212 g/mol. The van der Waals surface area contributed by atoms with Gasteiger partial charge >= 0.3 is 0 Å². The Balaban J connectivity index is 2.08. The Kier molecular flexibility index (Phi) is 3.22. The van der Waals surface area contributed by atoms with Crippen LogP contribution in [0, 0.1) is 0 Å². The summed E-state index contributed by atoms with van der Waals surface area (Å²) in [5, 5.41) is 22.3. The van der Waals surface area contributed by atoms with Gasteiger partial charge < -0.3 is 19.5 Å². The average molecular weight is 228 g/mol. The zero-order valence-electron chi connectivity index (χ0n) is 9.33. The summed E-state index contributed by atoms with van der Waals surface area (Å²) >= 11 is 0. The first-order valence-electron chi connectivity index (χ1n) is 5.39. The number of aliphatic hydroxyl groups is 2. The summed E-state index contributed by atoms with van der Waals surface area (Å²) in [7, 11) is 0. The molecule has 2 N–H and O–H groups in total. The number of aliphatic hydroxyl groups excluding tert-OH is 2. The van der Waals surface area contributed by atoms with Crippen molar-refractivity contribution in [2.24, 2.45) is 0 Å². The van der Waals surface area contributed by atoms with Crippen molar-refractivity contribution in [3.8, 4) is 0 Å². The van der Waals surface area contributed by atoms with E-state index in [1.807, 2.05) is 13.8 Å². The van der Waals surface area contributed by atoms with Crippen molar-refractivity contribution in [3.05, 3.63) is 11.7 Å². The molecule has 1 fully saturated rings. The van der Waals surface area contributed by atoms with Gasteiger partial charge in [-0.1, -0.05) is 19.0 Å². The highest BCUT2D eigenvalue weighted by molar-refractivity contribution is 4.98. The van der Waals surface area contributed by atoms with E-state index >= 15 is 0 Å². The van der Waals surface area contributed by atoms with Gasteiger partial charge in [0.2, 0.25) is 11.7 Å². The third-order valence-electron chi connectivity index (χ3n) is 2.64. The number of nitrogens with zero attached hydrogens (tertiary/aromatic N) is 2. The molecule has 0 saturated carbocycles. The van der Waals surface area contributed by atoms with Gasteiger partial charge in [0.25, 0.3) is 0 Å². The van der Waals surface area contributed by atoms with Crippen LogP contribution in [0.1, 0.15) is 44.0 Å². The number of aromatic nitrogens is 2. The zero-order valence-corrected chi connectivity index (χ0v) is 9.33. The maximum Gasteiger partial charge on any atom is 0.229 e. The van der Waals surface area contributed by atoms with E-state index in [9.17, 15) is 5.11 Å². The fourth-order valence-corrected chi connectivity index (χ4v) is 1.67. The zero-order chi connectivity index (χ0) is 11.7. The predicted octanol–water partition coefficient (Wildman–Crippen LogP) is 0.376. The molecule has 1 aliphatic rings. The van der Waals surface area contributed by atoms with Gasteiger partial charge in [0.05, 0.1) is 12.7 Å². The third kappa shape index (κ3) is 2.09. The standard InChI is InChI=1S/C10H16N2O4/c1-5(2)10-11-9(12-16-10)7-3-6(14)8(4-13)15-7/h5-8,13-14H,3-4H2,1-2H3/t6-,7+,8+/m0/s1. The van der Waals surface area contributed by atoms with Gasteiger partial charge in [-0.05, 0) is 0 Å². The van der Waals surface area contributed by atoms with E-state index in [2.05, 4.69) is 10.1 Å². The van der Waals surface area contributed by atoms with E-state index in [0.29, 0.717) is 18.1 Å². The highest BCUT2D eigenvalue weighted by atomic mass is 16.5. The van der Waals surface area contributed by atoms with Crippen LogP contribution >= 0.6 is 0 Å². The molecule has 0 bridgehead atoms. The largest absolute Gasteiger partial charge is 0.394 e. The molecule has 16 heavy (non-hydrogen) atoms. The summed E-state index contributed by atoms with van der Waals surface area (Å²) in [6, 6.07) is 0. The first-order valence-corrected chi connectivity index (χ1v) is 5.39. The number of rotatable bonds is 3. The lowest BCUT2D eigenvalue weighted by molar-refractivity contribution is -0.0251. The summed E-state index contributed by atoms with van der Waals surface area (Å²) in [6.07, 6.45) is -1.21. The van der Waals surface area contributed by atoms with Crippen LogP contribution in [0.3, 0.4) is 0 Å². The van der Waals surface area contributed by atoms with Crippen molar-refractivity contribution >= 4 is 0 Å². The molecule has 90 valence electrons. The van der Waals surface area contributed by atoms with Crippen LogP contribution in [0.5, 0.6) is 0 Å². The average Bonchev–Trinajstić information content (AvgIpc) is 2.83. The van der Waals surface area contributed by atoms with Gasteiger partial charge in [-0.3, -0.25) is 0 Å². The van der Waals surface area contributed by atoms with Crippen LogP contribution in [-0.4, -0.2) is 39.2 Å². The second-order valence-electron chi connectivity index (χ2n) is 4.29. The lowest BCUT2D eigenvalue weighted by Crippen LogP contribution is -2.24. The van der Waals surface area contributed by atoms with Gasteiger partial charge in [0.1, 0.15) is 12.2 Å². The molecule has 1 saturated heterocycles. The monoisotopic (exact) mass is 228 g/mol. The Morgan fingerprint density at radius 1 is 1.50 bits per heavy atom. The molecule has 1 aromatic heterocycles. The molecule has 2 rings (SSSR count). The van der Waals surface area contributed by atoms with Crippen LogP contribution in [0.25, 0.3) is 0 Å². The van der Waals surface area contributed by atoms with Crippen molar-refractivity contribution in [2.75, 3.05) is 6.61 Å². The van der Waals surface area contributed by atoms with Gasteiger partial charge in [0, 0.05) is 12.3 Å². The lowest BCUT2D eigenvalue weighted by Gasteiger charge is -2.09. The maximum atomic E-state index is 9.57. The smallest absolute Gasteiger partial charge is 0.229 e. The highest BCUT2D eigenvalue weighted by Crippen LogP contribution is 2.31. The molecule has 0 amide bonds. The van der Waals surface area contributed by atoms with E-state index in [-0.39, 0.29) is 18.6 Å². The summed E-state index contributed by atoms with van der Waals surface area (Å²) in [5.41, 5.74) is 0. The lowest BCUT2D eigenvalue weighted by atomic mass is 10.1. The first kappa shape index (κ1) is 11.5. The van der Waals surface area contributed by atoms with Crippen molar-refractivity contribution in [1.82, 2.24) is 10.1 Å². The summed E-state index contributed by atoms with van der Waals surface area (Å²) in [6.45, 7) is 3.71. The number of hydrogen-bond acceptors (Lipinski definition) is 6. The normalized spacial score (nSPS) is 30.2. The fraction of sp³-hybridized carbons (Fsp3) is 0.800. The molecule has 1 aliphatic heterocycles. The second kappa shape index (κ2) is 4.48. The van der Waals surface area contributed by atoms with E-state index in [1.54, 1.807) is 0 Å². The summed E-state index contributed by atoms with van der Waals surface area (Å²) in [4.78, 5) is 4.20. The van der Waals surface area contributed by atoms with E-state index in [0.717, 1.165) is 0 Å². The van der Waals surface area contributed by atoms with Crippen molar-refractivity contribution in [2.45, 2.75) is 44.5 Å². The fourth-order valence-electron chi connectivity index (χ4n) is 1.67. The Morgan fingerprint density at radius 3 is 2.75 bits per heavy atom. The predicted molar refractivity (Wildman–Crippen MR) is 53.7 cm³/mol. The summed E-state index contributed by atoms with van der Waals surface area (Å²) < 4.78 is 10.5. The number of hydrogen-bond donors (Lipinski definition) is 2. The maximum absolute atomic E-state index is 9.57. The Labute approximate surface area is 93.2 Å². The molecule has 0 radical (unpaired) electrons. The second-order valence-corrected chi connectivity index (χ2v) is 4.29.